The van der Waals surface area contributed by atoms with Crippen molar-refractivity contribution in [1.29, 1.82) is 0 Å². The van der Waals surface area contributed by atoms with E-state index >= 15 is 0 Å². The third kappa shape index (κ3) is 5.73. The standard InChI is InChI=1S/C30H24N6O2S2/c37-27(23-15-7-11-19-9-1-3-13-21(19)23)31-29-35-33-25(39-29)17-5-6-18-26-34-36-30(40-26)32-28(38)24-16-8-12-20-10-2-4-14-22(20)24/h1-4,7-16H,5-6,17-18H2,(H,31,35,37)(H,32,36,38). The maximum Gasteiger partial charge on any atom is 0.258 e. The number of nitrogens with zero attached hydrogens (tertiary/aromatic N) is 4. The number of benzene rings is 4. The predicted octanol–water partition coefficient (Wildman–Crippen LogP) is 6.77. The van der Waals surface area contributed by atoms with E-state index in [-0.39, 0.29) is 11.8 Å². The van der Waals surface area contributed by atoms with Gasteiger partial charge in [0.1, 0.15) is 10.0 Å². The number of carbonyl (C=O) groups is 2. The average Bonchev–Trinajstić information content (AvgIpc) is 3.63. The molecule has 0 aliphatic heterocycles. The van der Waals surface area contributed by atoms with Crippen LogP contribution < -0.4 is 10.6 Å². The summed E-state index contributed by atoms with van der Waals surface area (Å²) >= 11 is 2.78. The summed E-state index contributed by atoms with van der Waals surface area (Å²) in [6, 6.07) is 27.0. The first kappa shape index (κ1) is 25.7. The average molecular weight is 565 g/mol. The van der Waals surface area contributed by atoms with Crippen molar-refractivity contribution in [2.75, 3.05) is 10.6 Å². The summed E-state index contributed by atoms with van der Waals surface area (Å²) in [5.74, 6) is -0.391. The molecule has 6 rings (SSSR count). The maximum absolute atomic E-state index is 12.9. The van der Waals surface area contributed by atoms with Gasteiger partial charge in [0.2, 0.25) is 10.3 Å². The molecule has 0 unspecified atom stereocenters. The number of unbranched alkanes of at least 4 members (excludes halogenated alkanes) is 1. The van der Waals surface area contributed by atoms with Crippen LogP contribution in [0.2, 0.25) is 0 Å². The minimum atomic E-state index is -0.195. The van der Waals surface area contributed by atoms with Gasteiger partial charge in [0, 0.05) is 24.0 Å². The van der Waals surface area contributed by atoms with Crippen LogP contribution in [0, 0.1) is 0 Å². The van der Waals surface area contributed by atoms with Crippen LogP contribution in [0.4, 0.5) is 10.3 Å². The van der Waals surface area contributed by atoms with Crippen LogP contribution in [0.1, 0.15) is 43.6 Å². The summed E-state index contributed by atoms with van der Waals surface area (Å²) in [5, 5.41) is 29.1. The molecule has 0 spiro atoms. The number of hydrogen-bond acceptors (Lipinski definition) is 8. The molecular weight excluding hydrogens is 541 g/mol. The zero-order valence-corrected chi connectivity index (χ0v) is 23.0. The summed E-state index contributed by atoms with van der Waals surface area (Å²) in [6.45, 7) is 0. The normalized spacial score (nSPS) is 11.1. The maximum atomic E-state index is 12.9. The fourth-order valence-electron chi connectivity index (χ4n) is 4.54. The highest BCUT2D eigenvalue weighted by atomic mass is 32.1. The first-order chi connectivity index (χ1) is 19.6. The summed E-state index contributed by atoms with van der Waals surface area (Å²) < 4.78 is 0. The molecule has 2 aromatic heterocycles. The summed E-state index contributed by atoms with van der Waals surface area (Å²) in [6.07, 6.45) is 3.29. The number of fused-ring (bicyclic) bond motifs is 2. The smallest absolute Gasteiger partial charge is 0.258 e. The zero-order chi connectivity index (χ0) is 27.3. The van der Waals surface area contributed by atoms with Gasteiger partial charge in [0.25, 0.3) is 11.8 Å². The second-order valence-corrected chi connectivity index (χ2v) is 11.3. The van der Waals surface area contributed by atoms with E-state index in [1.807, 2.05) is 84.9 Å². The van der Waals surface area contributed by atoms with Gasteiger partial charge in [-0.3, -0.25) is 20.2 Å². The summed E-state index contributed by atoms with van der Waals surface area (Å²) in [4.78, 5) is 25.7. The SMILES string of the molecule is O=C(Nc1nnc(CCCCc2nnc(NC(=O)c3cccc4ccccc34)s2)s1)c1cccc2ccccc12. The Morgan fingerprint density at radius 3 is 1.45 bits per heavy atom. The molecule has 0 saturated heterocycles. The molecule has 0 atom stereocenters. The van der Waals surface area contributed by atoms with Gasteiger partial charge >= 0.3 is 0 Å². The molecule has 40 heavy (non-hydrogen) atoms. The van der Waals surface area contributed by atoms with E-state index < -0.39 is 0 Å². The van der Waals surface area contributed by atoms with E-state index in [0.29, 0.717) is 21.4 Å². The number of aromatic nitrogens is 4. The fraction of sp³-hybridized carbons (Fsp3) is 0.133. The van der Waals surface area contributed by atoms with Crippen molar-refractivity contribution in [3.63, 3.8) is 0 Å². The zero-order valence-electron chi connectivity index (χ0n) is 21.3. The van der Waals surface area contributed by atoms with Crippen molar-refractivity contribution in [2.45, 2.75) is 25.7 Å². The molecule has 0 aliphatic carbocycles. The molecule has 2 heterocycles. The van der Waals surface area contributed by atoms with Crippen LogP contribution in [-0.4, -0.2) is 32.2 Å². The van der Waals surface area contributed by atoms with Gasteiger partial charge in [-0.15, -0.1) is 20.4 Å². The van der Waals surface area contributed by atoms with Gasteiger partial charge in [0.05, 0.1) is 0 Å². The van der Waals surface area contributed by atoms with Crippen molar-refractivity contribution in [3.8, 4) is 0 Å². The number of aryl methyl sites for hydroxylation is 2. The van der Waals surface area contributed by atoms with Crippen LogP contribution in [-0.2, 0) is 12.8 Å². The molecule has 10 heteroatoms. The van der Waals surface area contributed by atoms with E-state index in [9.17, 15) is 9.59 Å². The van der Waals surface area contributed by atoms with Crippen LogP contribution in [0.5, 0.6) is 0 Å². The minimum absolute atomic E-state index is 0.195. The van der Waals surface area contributed by atoms with E-state index in [2.05, 4.69) is 31.0 Å². The molecule has 6 aromatic rings. The number of hydrogen-bond donors (Lipinski definition) is 2. The molecule has 0 fully saturated rings. The Balaban J connectivity index is 0.986. The van der Waals surface area contributed by atoms with Crippen molar-refractivity contribution in [2.24, 2.45) is 0 Å². The number of rotatable bonds is 9. The Bertz CT molecular complexity index is 1690. The molecule has 2 N–H and O–H groups in total. The van der Waals surface area contributed by atoms with Gasteiger partial charge in [-0.05, 0) is 46.5 Å². The van der Waals surface area contributed by atoms with E-state index in [0.717, 1.165) is 57.2 Å². The molecule has 0 bridgehead atoms. The van der Waals surface area contributed by atoms with Crippen molar-refractivity contribution in [3.05, 3.63) is 106 Å². The van der Waals surface area contributed by atoms with E-state index in [4.69, 9.17) is 0 Å². The topological polar surface area (TPSA) is 110 Å². The lowest BCUT2D eigenvalue weighted by Gasteiger charge is -2.05. The number of nitrogens with one attached hydrogen (secondary N) is 2. The van der Waals surface area contributed by atoms with Gasteiger partial charge in [0.15, 0.2) is 0 Å². The molecule has 4 aromatic carbocycles. The van der Waals surface area contributed by atoms with Crippen LogP contribution >= 0.6 is 22.7 Å². The fourth-order valence-corrected chi connectivity index (χ4v) is 6.09. The van der Waals surface area contributed by atoms with Gasteiger partial charge in [-0.1, -0.05) is 95.5 Å². The molecule has 0 saturated carbocycles. The molecule has 8 nitrogen and oxygen atoms in total. The first-order valence-corrected chi connectivity index (χ1v) is 14.5. The third-order valence-electron chi connectivity index (χ3n) is 6.47. The summed E-state index contributed by atoms with van der Waals surface area (Å²) in [7, 11) is 0. The number of anilines is 2. The van der Waals surface area contributed by atoms with E-state index in [1.54, 1.807) is 0 Å². The highest BCUT2D eigenvalue weighted by Gasteiger charge is 2.14. The lowest BCUT2D eigenvalue weighted by molar-refractivity contribution is 0.102. The largest absolute Gasteiger partial charge is 0.296 e. The minimum Gasteiger partial charge on any atom is -0.296 e. The highest BCUT2D eigenvalue weighted by Crippen LogP contribution is 2.24. The van der Waals surface area contributed by atoms with Crippen molar-refractivity contribution in [1.82, 2.24) is 20.4 Å². The van der Waals surface area contributed by atoms with Gasteiger partial charge < -0.3 is 0 Å². The Hall–Kier alpha value is -4.54. The van der Waals surface area contributed by atoms with Crippen LogP contribution in [0.25, 0.3) is 21.5 Å². The quantitative estimate of drug-likeness (QED) is 0.188. The first-order valence-electron chi connectivity index (χ1n) is 12.9. The van der Waals surface area contributed by atoms with Crippen molar-refractivity contribution < 1.29 is 9.59 Å². The van der Waals surface area contributed by atoms with Gasteiger partial charge in [-0.25, -0.2) is 0 Å². The number of carbonyl (C=O) groups excluding carboxylic acids is 2. The van der Waals surface area contributed by atoms with Crippen molar-refractivity contribution >= 4 is 66.3 Å². The lowest BCUT2D eigenvalue weighted by atomic mass is 10.0. The third-order valence-corrected chi connectivity index (χ3v) is 8.27. The van der Waals surface area contributed by atoms with Gasteiger partial charge in [-0.2, -0.15) is 0 Å². The van der Waals surface area contributed by atoms with E-state index in [1.165, 1.54) is 22.7 Å². The highest BCUT2D eigenvalue weighted by molar-refractivity contribution is 7.15. The second-order valence-electron chi connectivity index (χ2n) is 9.17. The second kappa shape index (κ2) is 11.7. The Kier molecular flexibility index (Phi) is 7.51. The molecule has 0 radical (unpaired) electrons. The summed E-state index contributed by atoms with van der Waals surface area (Å²) in [5.41, 5.74) is 1.22. The molecular formula is C30H24N6O2S2. The molecule has 198 valence electrons. The monoisotopic (exact) mass is 564 g/mol. The van der Waals surface area contributed by atoms with Crippen LogP contribution in [0.15, 0.2) is 84.9 Å². The number of amides is 2. The Morgan fingerprint density at radius 2 is 0.975 bits per heavy atom. The Morgan fingerprint density at radius 1 is 0.550 bits per heavy atom. The lowest BCUT2D eigenvalue weighted by Crippen LogP contribution is -2.12. The predicted molar refractivity (Wildman–Crippen MR) is 160 cm³/mol. The molecule has 0 aliphatic rings. The van der Waals surface area contributed by atoms with Crippen LogP contribution in [0.3, 0.4) is 0 Å². The Labute approximate surface area is 238 Å². The molecule has 2 amide bonds.